The van der Waals surface area contributed by atoms with Gasteiger partial charge >= 0.3 is 6.16 Å². The summed E-state index contributed by atoms with van der Waals surface area (Å²) >= 11 is 0. The highest BCUT2D eigenvalue weighted by molar-refractivity contribution is 5.59. The molecule has 0 N–H and O–H groups in total. The standard InChI is InChI=1S/C11H18O4/c1-11(2)8(6-13-3)5-9(11)7-15-10(12)14-4/h6,9H,5,7H2,1-4H3. The van der Waals surface area contributed by atoms with Gasteiger partial charge in [0.25, 0.3) is 0 Å². The van der Waals surface area contributed by atoms with E-state index in [1.807, 2.05) is 0 Å². The van der Waals surface area contributed by atoms with Crippen molar-refractivity contribution in [2.45, 2.75) is 20.3 Å². The summed E-state index contributed by atoms with van der Waals surface area (Å²) in [5, 5.41) is 0. The largest absolute Gasteiger partial charge is 0.507 e. The van der Waals surface area contributed by atoms with Crippen molar-refractivity contribution in [1.29, 1.82) is 0 Å². The predicted octanol–water partition coefficient (Wildman–Crippen LogP) is 2.35. The average Bonchev–Trinajstić information content (AvgIpc) is 2.21. The quantitative estimate of drug-likeness (QED) is 0.534. The minimum Gasteiger partial charge on any atom is -0.504 e. The van der Waals surface area contributed by atoms with Crippen LogP contribution in [0.5, 0.6) is 0 Å². The van der Waals surface area contributed by atoms with Crippen molar-refractivity contribution in [3.63, 3.8) is 0 Å². The van der Waals surface area contributed by atoms with E-state index >= 15 is 0 Å². The molecule has 1 aliphatic carbocycles. The second kappa shape index (κ2) is 4.55. The molecule has 0 spiro atoms. The van der Waals surface area contributed by atoms with E-state index in [0.717, 1.165) is 6.42 Å². The molecular weight excluding hydrogens is 196 g/mol. The topological polar surface area (TPSA) is 44.8 Å². The van der Waals surface area contributed by atoms with Crippen LogP contribution in [0.1, 0.15) is 20.3 Å². The number of hydrogen-bond acceptors (Lipinski definition) is 4. The molecule has 1 rings (SSSR count). The Balaban J connectivity index is 2.42. The number of carbonyl (C=O) groups is 1. The second-order valence-electron chi connectivity index (χ2n) is 4.27. The molecule has 0 amide bonds. The Morgan fingerprint density at radius 3 is 2.67 bits per heavy atom. The van der Waals surface area contributed by atoms with Gasteiger partial charge in [-0.3, -0.25) is 0 Å². The van der Waals surface area contributed by atoms with Gasteiger partial charge in [0.1, 0.15) is 0 Å². The summed E-state index contributed by atoms with van der Waals surface area (Å²) in [4.78, 5) is 10.8. The van der Waals surface area contributed by atoms with Gasteiger partial charge in [-0.15, -0.1) is 0 Å². The summed E-state index contributed by atoms with van der Waals surface area (Å²) in [5.74, 6) is 0.345. The number of methoxy groups -OCH3 is 2. The fourth-order valence-electron chi connectivity index (χ4n) is 1.75. The zero-order valence-electron chi connectivity index (χ0n) is 9.70. The monoisotopic (exact) mass is 214 g/mol. The molecule has 0 aliphatic heterocycles. The van der Waals surface area contributed by atoms with Crippen LogP contribution in [0, 0.1) is 11.3 Å². The van der Waals surface area contributed by atoms with Gasteiger partial charge in [0.15, 0.2) is 0 Å². The fraction of sp³-hybridized carbons (Fsp3) is 0.727. The first-order valence-electron chi connectivity index (χ1n) is 4.95. The van der Waals surface area contributed by atoms with Crippen LogP contribution in [0.4, 0.5) is 4.79 Å². The van der Waals surface area contributed by atoms with E-state index in [9.17, 15) is 4.79 Å². The van der Waals surface area contributed by atoms with E-state index in [1.54, 1.807) is 13.4 Å². The Bertz CT molecular complexity index is 268. The highest BCUT2D eigenvalue weighted by atomic mass is 16.7. The molecule has 15 heavy (non-hydrogen) atoms. The Morgan fingerprint density at radius 1 is 1.53 bits per heavy atom. The van der Waals surface area contributed by atoms with Crippen LogP contribution in [0.15, 0.2) is 11.8 Å². The molecule has 1 unspecified atom stereocenters. The van der Waals surface area contributed by atoms with Gasteiger partial charge in [-0.1, -0.05) is 13.8 Å². The summed E-state index contributed by atoms with van der Waals surface area (Å²) in [6.45, 7) is 4.64. The van der Waals surface area contributed by atoms with Crippen LogP contribution in [-0.4, -0.2) is 27.0 Å². The van der Waals surface area contributed by atoms with E-state index in [4.69, 9.17) is 9.47 Å². The van der Waals surface area contributed by atoms with Crippen LogP contribution in [0.25, 0.3) is 0 Å². The molecule has 4 nitrogen and oxygen atoms in total. The maximum Gasteiger partial charge on any atom is 0.507 e. The maximum absolute atomic E-state index is 10.8. The first kappa shape index (κ1) is 11.9. The summed E-state index contributed by atoms with van der Waals surface area (Å²) < 4.78 is 14.3. The Hall–Kier alpha value is -1.19. The summed E-state index contributed by atoms with van der Waals surface area (Å²) in [5.41, 5.74) is 1.30. The number of carbonyl (C=O) groups excluding carboxylic acids is 1. The number of ether oxygens (including phenoxy) is 3. The summed E-state index contributed by atoms with van der Waals surface area (Å²) in [6, 6.07) is 0. The van der Waals surface area contributed by atoms with Gasteiger partial charge in [-0.05, 0) is 17.4 Å². The predicted molar refractivity (Wildman–Crippen MR) is 55.3 cm³/mol. The molecule has 1 aliphatic rings. The zero-order valence-corrected chi connectivity index (χ0v) is 9.70. The fourth-order valence-corrected chi connectivity index (χ4v) is 1.75. The lowest BCUT2D eigenvalue weighted by Crippen LogP contribution is -2.41. The van der Waals surface area contributed by atoms with Crippen molar-refractivity contribution >= 4 is 6.16 Å². The number of allylic oxidation sites excluding steroid dienone is 1. The average molecular weight is 214 g/mol. The number of rotatable bonds is 3. The van der Waals surface area contributed by atoms with Crippen LogP contribution >= 0.6 is 0 Å². The molecule has 4 heteroatoms. The Morgan fingerprint density at radius 2 is 2.20 bits per heavy atom. The van der Waals surface area contributed by atoms with E-state index in [0.29, 0.717) is 12.5 Å². The lowest BCUT2D eigenvalue weighted by molar-refractivity contribution is 0.0219. The van der Waals surface area contributed by atoms with E-state index in [-0.39, 0.29) is 5.41 Å². The molecule has 0 bridgehead atoms. The molecule has 1 fully saturated rings. The third-order valence-corrected chi connectivity index (χ3v) is 3.14. The van der Waals surface area contributed by atoms with Crippen molar-refractivity contribution in [2.24, 2.45) is 11.3 Å². The molecule has 0 aromatic heterocycles. The van der Waals surface area contributed by atoms with Crippen molar-refractivity contribution in [2.75, 3.05) is 20.8 Å². The van der Waals surface area contributed by atoms with Gasteiger partial charge in [0.2, 0.25) is 0 Å². The molecule has 0 heterocycles. The smallest absolute Gasteiger partial charge is 0.504 e. The van der Waals surface area contributed by atoms with Crippen LogP contribution in [0.3, 0.4) is 0 Å². The molecule has 1 saturated carbocycles. The van der Waals surface area contributed by atoms with Crippen molar-refractivity contribution in [3.05, 3.63) is 11.8 Å². The molecule has 1 atom stereocenters. The van der Waals surface area contributed by atoms with Gasteiger partial charge in [0, 0.05) is 5.92 Å². The first-order valence-corrected chi connectivity index (χ1v) is 4.95. The highest BCUT2D eigenvalue weighted by Crippen LogP contribution is 2.50. The van der Waals surface area contributed by atoms with Crippen LogP contribution < -0.4 is 0 Å². The van der Waals surface area contributed by atoms with Gasteiger partial charge in [-0.25, -0.2) is 4.79 Å². The van der Waals surface area contributed by atoms with Gasteiger partial charge in [0.05, 0.1) is 27.1 Å². The third kappa shape index (κ3) is 2.43. The molecule has 0 radical (unpaired) electrons. The van der Waals surface area contributed by atoms with Gasteiger partial charge in [-0.2, -0.15) is 0 Å². The summed E-state index contributed by atoms with van der Waals surface area (Å²) in [6.07, 6.45) is 2.07. The van der Waals surface area contributed by atoms with E-state index < -0.39 is 6.16 Å². The normalized spacial score (nSPS) is 25.6. The maximum atomic E-state index is 10.8. The van der Waals surface area contributed by atoms with Crippen molar-refractivity contribution < 1.29 is 19.0 Å². The molecule has 86 valence electrons. The van der Waals surface area contributed by atoms with Gasteiger partial charge < -0.3 is 14.2 Å². The minimum absolute atomic E-state index is 0.0457. The Kier molecular flexibility index (Phi) is 3.61. The molecule has 0 aromatic rings. The lowest BCUT2D eigenvalue weighted by Gasteiger charge is -2.46. The molecule has 0 aromatic carbocycles. The zero-order chi connectivity index (χ0) is 11.5. The minimum atomic E-state index is -0.616. The van der Waals surface area contributed by atoms with E-state index in [1.165, 1.54) is 12.7 Å². The third-order valence-electron chi connectivity index (χ3n) is 3.14. The molecular formula is C11H18O4. The van der Waals surface area contributed by atoms with Crippen molar-refractivity contribution in [3.8, 4) is 0 Å². The second-order valence-corrected chi connectivity index (χ2v) is 4.27. The Labute approximate surface area is 90.2 Å². The number of hydrogen-bond donors (Lipinski definition) is 0. The molecule has 0 saturated heterocycles. The van der Waals surface area contributed by atoms with Crippen LogP contribution in [-0.2, 0) is 14.2 Å². The van der Waals surface area contributed by atoms with Crippen molar-refractivity contribution in [1.82, 2.24) is 0 Å². The lowest BCUT2D eigenvalue weighted by atomic mass is 9.59. The summed E-state index contributed by atoms with van der Waals surface area (Å²) in [7, 11) is 2.95. The highest BCUT2D eigenvalue weighted by Gasteiger charge is 2.44. The van der Waals surface area contributed by atoms with E-state index in [2.05, 4.69) is 18.6 Å². The van der Waals surface area contributed by atoms with Crippen LogP contribution in [0.2, 0.25) is 0 Å². The first-order chi connectivity index (χ1) is 7.02. The SMILES string of the molecule is COC=C1CC(COC(=O)OC)C1(C)C.